The molecule has 212 valence electrons. The number of aromatic nitrogens is 6. The molecule has 0 spiro atoms. The van der Waals surface area contributed by atoms with Gasteiger partial charge in [-0.15, -0.1) is 0 Å². The molecule has 3 aromatic heterocycles. The molecule has 0 saturated carbocycles. The molecule has 1 unspecified atom stereocenters. The van der Waals surface area contributed by atoms with Crippen molar-refractivity contribution < 1.29 is 9.63 Å². The molecule has 0 aliphatic rings. The van der Waals surface area contributed by atoms with Crippen molar-refractivity contribution in [1.29, 1.82) is 0 Å². The summed E-state index contributed by atoms with van der Waals surface area (Å²) in [7, 11) is 0. The molecule has 10 nitrogen and oxygen atoms in total. The first-order valence-corrected chi connectivity index (χ1v) is 13.9. The van der Waals surface area contributed by atoms with Gasteiger partial charge in [0.1, 0.15) is 6.33 Å². The Balaban J connectivity index is 1.37. The Labute approximate surface area is 240 Å². The minimum Gasteiger partial charge on any atom is -0.389 e. The summed E-state index contributed by atoms with van der Waals surface area (Å²) in [4.78, 5) is 32.6. The Morgan fingerprint density at radius 3 is 2.33 bits per heavy atom. The summed E-state index contributed by atoms with van der Waals surface area (Å²) in [6.45, 7) is 4.14. The van der Waals surface area contributed by atoms with Crippen LogP contribution >= 0.6 is 0 Å². The molecule has 6 rings (SSSR count). The zero-order valence-electron chi connectivity index (χ0n) is 23.3. The van der Waals surface area contributed by atoms with E-state index in [0.29, 0.717) is 36.6 Å². The van der Waals surface area contributed by atoms with Gasteiger partial charge in [0.15, 0.2) is 5.82 Å². The number of hydrogen-bond donors (Lipinski definition) is 2. The number of nitrogens with one attached hydrogen (secondary N) is 1. The van der Waals surface area contributed by atoms with Gasteiger partial charge in [0.2, 0.25) is 5.78 Å². The van der Waals surface area contributed by atoms with E-state index in [1.165, 1.54) is 6.33 Å². The quantitative estimate of drug-likeness (QED) is 0.264. The molecule has 0 fully saturated rings. The first-order valence-electron chi connectivity index (χ1n) is 13.9. The number of aliphatic hydroxyl groups is 1. The van der Waals surface area contributed by atoms with E-state index in [2.05, 4.69) is 27.1 Å². The second kappa shape index (κ2) is 11.4. The molecule has 0 radical (unpaired) electrons. The van der Waals surface area contributed by atoms with Gasteiger partial charge in [-0.3, -0.25) is 18.9 Å². The second-order valence-corrected chi connectivity index (χ2v) is 10.3. The van der Waals surface area contributed by atoms with Crippen LogP contribution in [-0.2, 0) is 19.4 Å². The van der Waals surface area contributed by atoms with Crippen LogP contribution in [0, 0.1) is 0 Å². The monoisotopic (exact) mass is 562 g/mol. The van der Waals surface area contributed by atoms with E-state index in [4.69, 9.17) is 4.52 Å². The highest BCUT2D eigenvalue weighted by atomic mass is 16.5. The average Bonchev–Trinajstić information content (AvgIpc) is 3.67. The zero-order chi connectivity index (χ0) is 29.2. The van der Waals surface area contributed by atoms with E-state index < -0.39 is 11.9 Å². The molecule has 0 amide bonds. The van der Waals surface area contributed by atoms with Crippen molar-refractivity contribution in [3.05, 3.63) is 128 Å². The van der Waals surface area contributed by atoms with Crippen LogP contribution in [0.3, 0.4) is 0 Å². The number of hydrogen-bond acceptors (Lipinski definition) is 7. The molecule has 10 heteroatoms. The fraction of sp³-hybridized carbons (Fsp3) is 0.219. The molecular formula is C32H30N6O4. The molecule has 2 N–H and O–H groups in total. The number of fused-ring (bicyclic) bond motifs is 1. The fourth-order valence-electron chi connectivity index (χ4n) is 5.31. The molecule has 0 aliphatic carbocycles. The second-order valence-electron chi connectivity index (χ2n) is 10.3. The van der Waals surface area contributed by atoms with E-state index in [9.17, 15) is 14.7 Å². The third-order valence-electron chi connectivity index (χ3n) is 7.44. The van der Waals surface area contributed by atoms with E-state index >= 15 is 0 Å². The zero-order valence-corrected chi connectivity index (χ0v) is 23.3. The van der Waals surface area contributed by atoms with Crippen LogP contribution in [0.2, 0.25) is 0 Å². The number of rotatable bonds is 9. The van der Waals surface area contributed by atoms with E-state index in [1.807, 2.05) is 72.8 Å². The van der Waals surface area contributed by atoms with Gasteiger partial charge in [-0.2, -0.15) is 10.1 Å². The molecule has 3 aromatic carbocycles. The number of benzene rings is 3. The Morgan fingerprint density at radius 1 is 0.952 bits per heavy atom. The molecule has 0 bridgehead atoms. The summed E-state index contributed by atoms with van der Waals surface area (Å²) in [6, 6.07) is 23.3. The van der Waals surface area contributed by atoms with Crippen molar-refractivity contribution in [2.24, 2.45) is 0 Å². The minimum absolute atomic E-state index is 0.0945. The lowest BCUT2D eigenvalue weighted by Gasteiger charge is -2.16. The average molecular weight is 563 g/mol. The topological polar surface area (TPSA) is 131 Å². The maximum absolute atomic E-state index is 14.0. The lowest BCUT2D eigenvalue weighted by molar-refractivity contribution is 0.199. The third-order valence-corrected chi connectivity index (χ3v) is 7.44. The highest BCUT2D eigenvalue weighted by Gasteiger charge is 2.19. The summed E-state index contributed by atoms with van der Waals surface area (Å²) in [5.41, 5.74) is 6.77. The number of aromatic amines is 1. The lowest BCUT2D eigenvalue weighted by Crippen LogP contribution is -2.30. The SMILES string of the molecule is CCCc1c(Cc2ccc(-c3ccccc3-c3noc(=O)[nH]3)cc2)c(=O)n(Cc2ccc(C(C)O)cc2)c2ncnn12. The van der Waals surface area contributed by atoms with Crippen molar-refractivity contribution >= 4 is 5.78 Å². The number of aryl methyl sites for hydroxylation is 1. The standard InChI is InChI=1S/C32H30N6O4/c1-3-6-28-27(30(40)37(31-33-19-34-38(28)31)18-22-11-13-23(14-12-22)20(2)39)17-21-9-15-24(16-10-21)25-7-4-5-8-26(25)29-35-32(41)42-36-29/h4-5,7-16,19-20,39H,3,6,17-18H2,1-2H3,(H,35,36,41). The largest absolute Gasteiger partial charge is 0.439 e. The van der Waals surface area contributed by atoms with Gasteiger partial charge in [-0.25, -0.2) is 9.31 Å². The highest BCUT2D eigenvalue weighted by Crippen LogP contribution is 2.30. The maximum atomic E-state index is 14.0. The minimum atomic E-state index is -0.607. The maximum Gasteiger partial charge on any atom is 0.439 e. The summed E-state index contributed by atoms with van der Waals surface area (Å²) >= 11 is 0. The van der Waals surface area contributed by atoms with Crippen LogP contribution < -0.4 is 11.3 Å². The van der Waals surface area contributed by atoms with Crippen molar-refractivity contribution in [1.82, 2.24) is 29.3 Å². The van der Waals surface area contributed by atoms with Gasteiger partial charge in [-0.05, 0) is 41.2 Å². The number of aliphatic hydroxyl groups excluding tert-OH is 1. The van der Waals surface area contributed by atoms with Gasteiger partial charge in [0.25, 0.3) is 5.56 Å². The first-order chi connectivity index (χ1) is 20.4. The van der Waals surface area contributed by atoms with Gasteiger partial charge < -0.3 is 5.11 Å². The molecule has 1 atom stereocenters. The van der Waals surface area contributed by atoms with Crippen LogP contribution in [0.4, 0.5) is 0 Å². The Hall–Kier alpha value is -5.09. The normalized spacial score (nSPS) is 12.2. The summed E-state index contributed by atoms with van der Waals surface area (Å²) in [5.74, 6) is 0.264. The Morgan fingerprint density at radius 2 is 1.67 bits per heavy atom. The molecule has 42 heavy (non-hydrogen) atoms. The van der Waals surface area contributed by atoms with Crippen LogP contribution in [0.25, 0.3) is 28.3 Å². The summed E-state index contributed by atoms with van der Waals surface area (Å²) in [5, 5.41) is 18.2. The van der Waals surface area contributed by atoms with Crippen LogP contribution in [0.5, 0.6) is 0 Å². The van der Waals surface area contributed by atoms with Crippen molar-refractivity contribution in [2.75, 3.05) is 0 Å². The van der Waals surface area contributed by atoms with E-state index in [0.717, 1.165) is 45.5 Å². The van der Waals surface area contributed by atoms with Gasteiger partial charge >= 0.3 is 5.76 Å². The van der Waals surface area contributed by atoms with Crippen molar-refractivity contribution in [3.63, 3.8) is 0 Å². The lowest BCUT2D eigenvalue weighted by atomic mass is 9.96. The Kier molecular flexibility index (Phi) is 7.37. The summed E-state index contributed by atoms with van der Waals surface area (Å²) in [6.07, 6.45) is 2.90. The summed E-state index contributed by atoms with van der Waals surface area (Å²) < 4.78 is 8.16. The number of nitrogens with zero attached hydrogens (tertiary/aromatic N) is 5. The van der Waals surface area contributed by atoms with Crippen LogP contribution in [-0.4, -0.2) is 34.4 Å². The first kappa shape index (κ1) is 27.1. The van der Waals surface area contributed by atoms with Gasteiger partial charge in [0, 0.05) is 17.5 Å². The van der Waals surface area contributed by atoms with Crippen molar-refractivity contribution in [2.45, 2.75) is 45.8 Å². The molecular weight excluding hydrogens is 532 g/mol. The van der Waals surface area contributed by atoms with Crippen LogP contribution in [0.15, 0.2) is 93.2 Å². The van der Waals surface area contributed by atoms with Crippen LogP contribution in [0.1, 0.15) is 54.3 Å². The highest BCUT2D eigenvalue weighted by molar-refractivity contribution is 5.80. The smallest absolute Gasteiger partial charge is 0.389 e. The predicted molar refractivity (Wildman–Crippen MR) is 158 cm³/mol. The molecule has 3 heterocycles. The van der Waals surface area contributed by atoms with Crippen molar-refractivity contribution in [3.8, 4) is 22.5 Å². The van der Waals surface area contributed by atoms with E-state index in [-0.39, 0.29) is 5.56 Å². The molecule has 0 aliphatic heterocycles. The molecule has 0 saturated heterocycles. The fourth-order valence-corrected chi connectivity index (χ4v) is 5.31. The number of H-pyrrole nitrogens is 1. The van der Waals surface area contributed by atoms with Gasteiger partial charge in [-0.1, -0.05) is 91.3 Å². The third kappa shape index (κ3) is 5.19. The molecule has 6 aromatic rings. The van der Waals surface area contributed by atoms with Gasteiger partial charge in [0.05, 0.1) is 18.3 Å². The predicted octanol–water partition coefficient (Wildman–Crippen LogP) is 4.55. The Bertz CT molecular complexity index is 1960. The van der Waals surface area contributed by atoms with E-state index in [1.54, 1.807) is 16.0 Å².